The maximum Gasteiger partial charge on any atom is 0.242 e. The van der Waals surface area contributed by atoms with Gasteiger partial charge < -0.3 is 20.3 Å². The van der Waals surface area contributed by atoms with Gasteiger partial charge in [0.15, 0.2) is 0 Å². The first-order chi connectivity index (χ1) is 8.56. The zero-order valence-electron chi connectivity index (χ0n) is 11.2. The Morgan fingerprint density at radius 3 is 2.56 bits per heavy atom. The molecule has 1 unspecified atom stereocenters. The number of nitrogens with two attached hydrogens (primary N) is 1. The molecule has 18 heavy (non-hydrogen) atoms. The van der Waals surface area contributed by atoms with E-state index in [2.05, 4.69) is 0 Å². The van der Waals surface area contributed by atoms with Gasteiger partial charge in [0.1, 0.15) is 0 Å². The van der Waals surface area contributed by atoms with Crippen LogP contribution in [0.2, 0.25) is 0 Å². The van der Waals surface area contributed by atoms with E-state index >= 15 is 0 Å². The molecule has 1 fully saturated rings. The van der Waals surface area contributed by atoms with Crippen LogP contribution in [0.3, 0.4) is 0 Å². The summed E-state index contributed by atoms with van der Waals surface area (Å²) in [5.41, 5.74) is 5.75. The van der Waals surface area contributed by atoms with Crippen LogP contribution >= 0.6 is 0 Å². The smallest absolute Gasteiger partial charge is 0.242 e. The minimum absolute atomic E-state index is 0.0437. The van der Waals surface area contributed by atoms with Gasteiger partial charge in [-0.25, -0.2) is 0 Å². The van der Waals surface area contributed by atoms with Crippen LogP contribution in [-0.4, -0.2) is 67.6 Å². The Morgan fingerprint density at radius 2 is 2.00 bits per heavy atom. The van der Waals surface area contributed by atoms with Gasteiger partial charge >= 0.3 is 0 Å². The van der Waals surface area contributed by atoms with Gasteiger partial charge in [-0.2, -0.15) is 0 Å². The number of carbonyl (C=O) groups excluding carboxylic acids is 2. The van der Waals surface area contributed by atoms with E-state index < -0.39 is 6.04 Å². The van der Waals surface area contributed by atoms with Crippen molar-refractivity contribution < 1.29 is 14.3 Å². The third-order valence-electron chi connectivity index (χ3n) is 3.03. The fourth-order valence-electron chi connectivity index (χ4n) is 1.91. The van der Waals surface area contributed by atoms with E-state index in [0.717, 1.165) is 6.42 Å². The Kier molecular flexibility index (Phi) is 6.07. The third kappa shape index (κ3) is 4.27. The van der Waals surface area contributed by atoms with E-state index in [9.17, 15) is 9.59 Å². The minimum atomic E-state index is -0.502. The molecular formula is C12H23N3O3. The van der Waals surface area contributed by atoms with Crippen LogP contribution in [0.15, 0.2) is 0 Å². The summed E-state index contributed by atoms with van der Waals surface area (Å²) in [4.78, 5) is 26.9. The average molecular weight is 257 g/mol. The lowest BCUT2D eigenvalue weighted by Gasteiger charge is -2.29. The predicted molar refractivity (Wildman–Crippen MR) is 67.9 cm³/mol. The Bertz CT molecular complexity index is 290. The van der Waals surface area contributed by atoms with Crippen LogP contribution in [0.1, 0.15) is 19.8 Å². The first-order valence-corrected chi connectivity index (χ1v) is 6.42. The topological polar surface area (TPSA) is 75.9 Å². The first kappa shape index (κ1) is 14.9. The highest BCUT2D eigenvalue weighted by Crippen LogP contribution is 2.02. The molecule has 0 radical (unpaired) electrons. The number of hydrogen-bond acceptors (Lipinski definition) is 4. The lowest BCUT2D eigenvalue weighted by Crippen LogP contribution is -2.49. The van der Waals surface area contributed by atoms with E-state index in [4.69, 9.17) is 10.5 Å². The van der Waals surface area contributed by atoms with Crippen molar-refractivity contribution in [2.75, 3.05) is 39.9 Å². The molecule has 1 aliphatic heterocycles. The highest BCUT2D eigenvalue weighted by molar-refractivity contribution is 5.87. The number of nitrogens with zero attached hydrogens (tertiary/aromatic N) is 2. The Morgan fingerprint density at radius 1 is 1.39 bits per heavy atom. The second-order valence-electron chi connectivity index (χ2n) is 4.58. The molecule has 2 N–H and O–H groups in total. The van der Waals surface area contributed by atoms with Gasteiger partial charge in [0.2, 0.25) is 11.8 Å². The maximum absolute atomic E-state index is 11.9. The van der Waals surface area contributed by atoms with E-state index in [0.29, 0.717) is 32.7 Å². The summed E-state index contributed by atoms with van der Waals surface area (Å²) in [5, 5.41) is 0. The van der Waals surface area contributed by atoms with Crippen molar-refractivity contribution in [1.82, 2.24) is 9.80 Å². The molecule has 1 rings (SSSR count). The van der Waals surface area contributed by atoms with Crippen molar-refractivity contribution in [2.24, 2.45) is 5.73 Å². The summed E-state index contributed by atoms with van der Waals surface area (Å²) in [6.07, 6.45) is 1.51. The zero-order chi connectivity index (χ0) is 13.5. The Labute approximate surface area is 108 Å². The predicted octanol–water partition coefficient (Wildman–Crippen LogP) is -0.569. The van der Waals surface area contributed by atoms with Crippen LogP contribution in [0.5, 0.6) is 0 Å². The van der Waals surface area contributed by atoms with Crippen LogP contribution in [0.4, 0.5) is 0 Å². The normalized spacial score (nSPS) is 17.4. The van der Waals surface area contributed by atoms with Gasteiger partial charge in [-0.1, -0.05) is 13.3 Å². The molecule has 6 nitrogen and oxygen atoms in total. The van der Waals surface area contributed by atoms with Crippen LogP contribution in [0, 0.1) is 0 Å². The molecule has 0 spiro atoms. The Hall–Kier alpha value is -1.14. The van der Waals surface area contributed by atoms with Crippen LogP contribution in [0.25, 0.3) is 0 Å². The highest BCUT2D eigenvalue weighted by Gasteiger charge is 2.22. The average Bonchev–Trinajstić information content (AvgIpc) is 2.39. The van der Waals surface area contributed by atoms with Gasteiger partial charge in [0.05, 0.1) is 25.8 Å². The van der Waals surface area contributed by atoms with Crippen LogP contribution in [-0.2, 0) is 14.3 Å². The molecule has 0 bridgehead atoms. The van der Waals surface area contributed by atoms with E-state index in [1.807, 2.05) is 6.92 Å². The van der Waals surface area contributed by atoms with E-state index in [1.54, 1.807) is 11.9 Å². The monoisotopic (exact) mass is 257 g/mol. The summed E-state index contributed by atoms with van der Waals surface area (Å²) in [6.45, 7) is 4.41. The number of hydrogen-bond donors (Lipinski definition) is 1. The molecule has 6 heteroatoms. The summed E-state index contributed by atoms with van der Waals surface area (Å²) in [6, 6.07) is -0.502. The van der Waals surface area contributed by atoms with Gasteiger partial charge in [-0.3, -0.25) is 9.59 Å². The summed E-state index contributed by atoms with van der Waals surface area (Å²) in [5.74, 6) is -0.212. The SMILES string of the molecule is CCCC(N)C(=O)N(C)CC(=O)N1CCOCC1. The van der Waals surface area contributed by atoms with Crippen molar-refractivity contribution in [3.63, 3.8) is 0 Å². The van der Waals surface area contributed by atoms with E-state index in [1.165, 1.54) is 4.90 Å². The molecule has 0 saturated carbocycles. The number of ether oxygens (including phenoxy) is 1. The fraction of sp³-hybridized carbons (Fsp3) is 0.833. The second kappa shape index (κ2) is 7.33. The van der Waals surface area contributed by atoms with Crippen LogP contribution < -0.4 is 5.73 Å². The zero-order valence-corrected chi connectivity index (χ0v) is 11.2. The molecular weight excluding hydrogens is 234 g/mol. The van der Waals surface area contributed by atoms with Crippen molar-refractivity contribution in [3.8, 4) is 0 Å². The highest BCUT2D eigenvalue weighted by atomic mass is 16.5. The molecule has 0 aromatic heterocycles. The minimum Gasteiger partial charge on any atom is -0.378 e. The van der Waals surface area contributed by atoms with Crippen molar-refractivity contribution >= 4 is 11.8 Å². The molecule has 104 valence electrons. The summed E-state index contributed by atoms with van der Waals surface area (Å²) in [7, 11) is 1.62. The van der Waals surface area contributed by atoms with Gasteiger partial charge in [-0.05, 0) is 6.42 Å². The number of carbonyl (C=O) groups is 2. The quantitative estimate of drug-likeness (QED) is 0.715. The summed E-state index contributed by atoms with van der Waals surface area (Å²) >= 11 is 0. The molecule has 0 aromatic rings. The maximum atomic E-state index is 11.9. The molecule has 1 atom stereocenters. The van der Waals surface area contributed by atoms with Gasteiger partial charge in [-0.15, -0.1) is 0 Å². The second-order valence-corrected chi connectivity index (χ2v) is 4.58. The largest absolute Gasteiger partial charge is 0.378 e. The van der Waals surface area contributed by atoms with Gasteiger partial charge in [0.25, 0.3) is 0 Å². The lowest BCUT2D eigenvalue weighted by atomic mass is 10.1. The third-order valence-corrected chi connectivity index (χ3v) is 3.03. The summed E-state index contributed by atoms with van der Waals surface area (Å²) < 4.78 is 5.18. The number of amides is 2. The van der Waals surface area contributed by atoms with E-state index in [-0.39, 0.29) is 18.4 Å². The van der Waals surface area contributed by atoms with Crippen molar-refractivity contribution in [2.45, 2.75) is 25.8 Å². The molecule has 0 aromatic carbocycles. The molecule has 1 saturated heterocycles. The standard InChI is InChI=1S/C12H23N3O3/c1-3-4-10(13)12(17)14(2)9-11(16)15-5-7-18-8-6-15/h10H,3-9,13H2,1-2H3. The van der Waals surface area contributed by atoms with Crippen molar-refractivity contribution in [3.05, 3.63) is 0 Å². The number of rotatable bonds is 5. The first-order valence-electron chi connectivity index (χ1n) is 6.42. The van der Waals surface area contributed by atoms with Gasteiger partial charge in [0, 0.05) is 20.1 Å². The number of likely N-dealkylation sites (N-methyl/N-ethyl adjacent to an activating group) is 1. The lowest BCUT2D eigenvalue weighted by molar-refractivity contribution is -0.142. The molecule has 1 aliphatic rings. The Balaban J connectivity index is 2.40. The molecule has 1 heterocycles. The molecule has 0 aliphatic carbocycles. The molecule has 2 amide bonds. The van der Waals surface area contributed by atoms with Crippen molar-refractivity contribution in [1.29, 1.82) is 0 Å². The number of morpholine rings is 1. The fourth-order valence-corrected chi connectivity index (χ4v) is 1.91.